The van der Waals surface area contributed by atoms with Gasteiger partial charge in [0.15, 0.2) is 0 Å². The number of ether oxygens (including phenoxy) is 1. The first kappa shape index (κ1) is 13.8. The maximum absolute atomic E-state index is 12.2. The number of carbonyl (C=O) groups is 1. The molecule has 0 aromatic carbocycles. The molecular formula is C14H26N2O2. The molecule has 0 aromatic rings. The smallest absolute Gasteiger partial charge is 0.251 e. The highest BCUT2D eigenvalue weighted by Crippen LogP contribution is 2.18. The minimum atomic E-state index is -0.154. The van der Waals surface area contributed by atoms with Crippen molar-refractivity contribution in [3.8, 4) is 0 Å². The summed E-state index contributed by atoms with van der Waals surface area (Å²) in [5.41, 5.74) is 0.334. The molecule has 0 radical (unpaired) electrons. The van der Waals surface area contributed by atoms with Gasteiger partial charge in [-0.05, 0) is 18.3 Å². The standard InChI is InChI=1S/C14H26N2O2/c1-14(2,3)11-15-6-8-16(9-7-15)13(17)12-5-4-10-18-12/h12H,4-11H2,1-3H3/t12-/m0/s1. The molecule has 2 fully saturated rings. The van der Waals surface area contributed by atoms with Crippen molar-refractivity contribution in [2.75, 3.05) is 39.3 Å². The third-order valence-electron chi connectivity index (χ3n) is 3.59. The monoisotopic (exact) mass is 254 g/mol. The molecule has 2 rings (SSSR count). The van der Waals surface area contributed by atoms with Crippen molar-refractivity contribution in [1.82, 2.24) is 9.80 Å². The van der Waals surface area contributed by atoms with Crippen molar-refractivity contribution < 1.29 is 9.53 Å². The molecule has 0 unspecified atom stereocenters. The van der Waals surface area contributed by atoms with E-state index < -0.39 is 0 Å². The Hall–Kier alpha value is -0.610. The lowest BCUT2D eigenvalue weighted by molar-refractivity contribution is -0.142. The Labute approximate surface area is 110 Å². The van der Waals surface area contributed by atoms with E-state index in [-0.39, 0.29) is 12.0 Å². The number of piperazine rings is 1. The molecule has 2 saturated heterocycles. The number of amides is 1. The van der Waals surface area contributed by atoms with Gasteiger partial charge in [-0.25, -0.2) is 0 Å². The largest absolute Gasteiger partial charge is 0.368 e. The van der Waals surface area contributed by atoms with E-state index in [0.717, 1.165) is 52.2 Å². The summed E-state index contributed by atoms with van der Waals surface area (Å²) in [5.74, 6) is 0.211. The molecule has 1 amide bonds. The van der Waals surface area contributed by atoms with Crippen LogP contribution in [0, 0.1) is 5.41 Å². The Morgan fingerprint density at radius 3 is 2.39 bits per heavy atom. The number of hydrogen-bond donors (Lipinski definition) is 0. The van der Waals surface area contributed by atoms with E-state index in [2.05, 4.69) is 25.7 Å². The SMILES string of the molecule is CC(C)(C)CN1CCN(C(=O)[C@@H]2CCCO2)CC1. The van der Waals surface area contributed by atoms with E-state index in [1.165, 1.54) is 0 Å². The highest BCUT2D eigenvalue weighted by atomic mass is 16.5. The van der Waals surface area contributed by atoms with Crippen LogP contribution >= 0.6 is 0 Å². The molecule has 4 heteroatoms. The normalized spacial score (nSPS) is 26.6. The van der Waals surface area contributed by atoms with Crippen LogP contribution in [0.2, 0.25) is 0 Å². The van der Waals surface area contributed by atoms with E-state index in [0.29, 0.717) is 5.41 Å². The predicted octanol–water partition coefficient (Wildman–Crippen LogP) is 1.36. The summed E-state index contributed by atoms with van der Waals surface area (Å²) in [5, 5.41) is 0. The van der Waals surface area contributed by atoms with Crippen molar-refractivity contribution in [1.29, 1.82) is 0 Å². The minimum absolute atomic E-state index is 0.154. The molecule has 4 nitrogen and oxygen atoms in total. The van der Waals surface area contributed by atoms with Crippen LogP contribution in [0.1, 0.15) is 33.6 Å². The molecule has 2 aliphatic heterocycles. The van der Waals surface area contributed by atoms with E-state index in [1.54, 1.807) is 0 Å². The number of nitrogens with zero attached hydrogens (tertiary/aromatic N) is 2. The molecule has 0 N–H and O–H groups in total. The van der Waals surface area contributed by atoms with Crippen LogP contribution in [0.3, 0.4) is 0 Å². The Balaban J connectivity index is 1.77. The summed E-state index contributed by atoms with van der Waals surface area (Å²) < 4.78 is 5.47. The zero-order chi connectivity index (χ0) is 13.2. The van der Waals surface area contributed by atoms with Crippen molar-refractivity contribution in [3.63, 3.8) is 0 Å². The molecule has 104 valence electrons. The number of carbonyl (C=O) groups excluding carboxylic acids is 1. The summed E-state index contributed by atoms with van der Waals surface area (Å²) in [4.78, 5) is 16.6. The second-order valence-electron chi connectivity index (χ2n) is 6.66. The Bertz CT molecular complexity index is 285. The first-order valence-corrected chi connectivity index (χ1v) is 7.08. The molecule has 1 atom stereocenters. The van der Waals surface area contributed by atoms with Gasteiger partial charge in [-0.2, -0.15) is 0 Å². The lowest BCUT2D eigenvalue weighted by atomic mass is 9.96. The fourth-order valence-electron chi connectivity index (χ4n) is 2.77. The quantitative estimate of drug-likeness (QED) is 0.746. The second kappa shape index (κ2) is 5.57. The molecular weight excluding hydrogens is 228 g/mol. The lowest BCUT2D eigenvalue weighted by Crippen LogP contribution is -2.52. The van der Waals surface area contributed by atoms with Crippen LogP contribution < -0.4 is 0 Å². The van der Waals surface area contributed by atoms with E-state index in [4.69, 9.17) is 4.74 Å². The van der Waals surface area contributed by atoms with Crippen LogP contribution in [0.5, 0.6) is 0 Å². The van der Waals surface area contributed by atoms with Crippen molar-refractivity contribution >= 4 is 5.91 Å². The minimum Gasteiger partial charge on any atom is -0.368 e. The highest BCUT2D eigenvalue weighted by Gasteiger charge is 2.30. The Morgan fingerprint density at radius 2 is 1.89 bits per heavy atom. The van der Waals surface area contributed by atoms with Crippen molar-refractivity contribution in [3.05, 3.63) is 0 Å². The van der Waals surface area contributed by atoms with Gasteiger partial charge in [0, 0.05) is 39.3 Å². The van der Waals surface area contributed by atoms with E-state index >= 15 is 0 Å². The summed E-state index contributed by atoms with van der Waals surface area (Å²) in [6.07, 6.45) is 1.78. The summed E-state index contributed by atoms with van der Waals surface area (Å²) in [7, 11) is 0. The van der Waals surface area contributed by atoms with Gasteiger partial charge in [0.05, 0.1) is 0 Å². The fourth-order valence-corrected chi connectivity index (χ4v) is 2.77. The van der Waals surface area contributed by atoms with Gasteiger partial charge in [0.25, 0.3) is 5.91 Å². The zero-order valence-electron chi connectivity index (χ0n) is 11.9. The molecule has 0 saturated carbocycles. The van der Waals surface area contributed by atoms with Crippen LogP contribution in [0.25, 0.3) is 0 Å². The molecule has 0 spiro atoms. The van der Waals surface area contributed by atoms with E-state index in [1.807, 2.05) is 4.90 Å². The zero-order valence-corrected chi connectivity index (χ0v) is 11.9. The first-order chi connectivity index (χ1) is 8.46. The third kappa shape index (κ3) is 3.69. The average Bonchev–Trinajstić information content (AvgIpc) is 2.80. The van der Waals surface area contributed by atoms with Crippen LogP contribution in [-0.4, -0.2) is 61.1 Å². The van der Waals surface area contributed by atoms with Gasteiger partial charge in [-0.1, -0.05) is 20.8 Å². The van der Waals surface area contributed by atoms with Crippen LogP contribution in [-0.2, 0) is 9.53 Å². The highest BCUT2D eigenvalue weighted by molar-refractivity contribution is 5.81. The van der Waals surface area contributed by atoms with Crippen LogP contribution in [0.15, 0.2) is 0 Å². The summed E-state index contributed by atoms with van der Waals surface area (Å²) in [6.45, 7) is 12.3. The van der Waals surface area contributed by atoms with Gasteiger partial charge >= 0.3 is 0 Å². The van der Waals surface area contributed by atoms with Gasteiger partial charge in [0.2, 0.25) is 0 Å². The average molecular weight is 254 g/mol. The number of hydrogen-bond acceptors (Lipinski definition) is 3. The molecule has 2 heterocycles. The predicted molar refractivity (Wildman–Crippen MR) is 71.4 cm³/mol. The Morgan fingerprint density at radius 1 is 1.22 bits per heavy atom. The van der Waals surface area contributed by atoms with Crippen LogP contribution in [0.4, 0.5) is 0 Å². The maximum atomic E-state index is 12.2. The lowest BCUT2D eigenvalue weighted by Gasteiger charge is -2.38. The van der Waals surface area contributed by atoms with Gasteiger partial charge in [-0.15, -0.1) is 0 Å². The fraction of sp³-hybridized carbons (Fsp3) is 0.929. The molecule has 0 bridgehead atoms. The van der Waals surface area contributed by atoms with Gasteiger partial charge in [0.1, 0.15) is 6.10 Å². The van der Waals surface area contributed by atoms with Gasteiger partial charge < -0.3 is 9.64 Å². The number of rotatable bonds is 2. The molecule has 0 aliphatic carbocycles. The van der Waals surface area contributed by atoms with Crippen molar-refractivity contribution in [2.24, 2.45) is 5.41 Å². The molecule has 0 aromatic heterocycles. The van der Waals surface area contributed by atoms with Gasteiger partial charge in [-0.3, -0.25) is 9.69 Å². The van der Waals surface area contributed by atoms with E-state index in [9.17, 15) is 4.79 Å². The Kier molecular flexibility index (Phi) is 4.28. The molecule has 2 aliphatic rings. The molecule has 18 heavy (non-hydrogen) atoms. The third-order valence-corrected chi connectivity index (χ3v) is 3.59. The first-order valence-electron chi connectivity index (χ1n) is 7.08. The summed E-state index contributed by atoms with van der Waals surface area (Å²) in [6, 6.07) is 0. The second-order valence-corrected chi connectivity index (χ2v) is 6.66. The topological polar surface area (TPSA) is 32.8 Å². The summed E-state index contributed by atoms with van der Waals surface area (Å²) >= 11 is 0. The maximum Gasteiger partial charge on any atom is 0.251 e. The van der Waals surface area contributed by atoms with Crippen molar-refractivity contribution in [2.45, 2.75) is 39.7 Å².